The summed E-state index contributed by atoms with van der Waals surface area (Å²) < 4.78 is 29.4. The fourth-order valence-corrected chi connectivity index (χ4v) is 6.23. The average molecular weight is 497 g/mol. The predicted octanol–water partition coefficient (Wildman–Crippen LogP) is 5.98. The molecule has 0 aromatic heterocycles. The van der Waals surface area contributed by atoms with Gasteiger partial charge in [0.15, 0.2) is 0 Å². The van der Waals surface area contributed by atoms with E-state index in [4.69, 9.17) is 0 Å². The van der Waals surface area contributed by atoms with Crippen LogP contribution < -0.4 is 9.21 Å². The molecule has 36 heavy (non-hydrogen) atoms. The fraction of sp³-hybridized carbons (Fsp3) is 0.167. The Hall–Kier alpha value is -3.90. The van der Waals surface area contributed by atoms with Gasteiger partial charge in [0, 0.05) is 11.7 Å². The number of sulfonamides is 1. The molecule has 1 aliphatic heterocycles. The van der Waals surface area contributed by atoms with Crippen molar-refractivity contribution in [3.05, 3.63) is 125 Å². The molecule has 0 N–H and O–H groups in total. The van der Waals surface area contributed by atoms with Gasteiger partial charge in [0.05, 0.1) is 22.7 Å². The summed E-state index contributed by atoms with van der Waals surface area (Å²) in [5, 5.41) is 0. The summed E-state index contributed by atoms with van der Waals surface area (Å²) in [7, 11) is -3.96. The van der Waals surface area contributed by atoms with E-state index in [1.807, 2.05) is 68.4 Å². The maximum Gasteiger partial charge on any atom is 0.264 e. The summed E-state index contributed by atoms with van der Waals surface area (Å²) in [5.41, 5.74) is 4.51. The van der Waals surface area contributed by atoms with Gasteiger partial charge < -0.3 is 4.90 Å². The number of para-hydroxylation sites is 2. The number of hydrogen-bond donors (Lipinski definition) is 0. The molecule has 0 unspecified atom stereocenters. The van der Waals surface area contributed by atoms with Crippen LogP contribution in [0.5, 0.6) is 0 Å². The first-order chi connectivity index (χ1) is 17.4. The van der Waals surface area contributed by atoms with Gasteiger partial charge in [0.2, 0.25) is 0 Å². The SMILES string of the molecule is Cc1ccc(S(=O)(=O)N(Cc2ccccc2)c2ccccc2C(=O)N2c3ccccc3C[C@H]2C)cc1. The van der Waals surface area contributed by atoms with Gasteiger partial charge in [-0.05, 0) is 61.7 Å². The van der Waals surface area contributed by atoms with Crippen molar-refractivity contribution in [1.82, 2.24) is 0 Å². The van der Waals surface area contributed by atoms with E-state index < -0.39 is 10.0 Å². The zero-order valence-corrected chi connectivity index (χ0v) is 21.2. The van der Waals surface area contributed by atoms with E-state index in [2.05, 4.69) is 0 Å². The summed E-state index contributed by atoms with van der Waals surface area (Å²) in [4.78, 5) is 16.0. The highest BCUT2D eigenvalue weighted by Gasteiger charge is 2.35. The van der Waals surface area contributed by atoms with Crippen molar-refractivity contribution in [1.29, 1.82) is 0 Å². The molecule has 5 nitrogen and oxygen atoms in total. The zero-order valence-electron chi connectivity index (χ0n) is 20.3. The largest absolute Gasteiger partial charge is 0.305 e. The van der Waals surface area contributed by atoms with Crippen molar-refractivity contribution in [2.75, 3.05) is 9.21 Å². The Kier molecular flexibility index (Phi) is 6.37. The summed E-state index contributed by atoms with van der Waals surface area (Å²) in [6, 6.07) is 31.1. The minimum Gasteiger partial charge on any atom is -0.305 e. The highest BCUT2D eigenvalue weighted by Crippen LogP contribution is 2.36. The minimum atomic E-state index is -3.96. The van der Waals surface area contributed by atoms with Crippen LogP contribution in [0.1, 0.15) is 34.0 Å². The monoisotopic (exact) mass is 496 g/mol. The molecular formula is C30H28N2O3S. The van der Waals surface area contributed by atoms with Crippen LogP contribution >= 0.6 is 0 Å². The Morgan fingerprint density at radius 2 is 1.50 bits per heavy atom. The van der Waals surface area contributed by atoms with E-state index in [1.165, 1.54) is 4.31 Å². The van der Waals surface area contributed by atoms with Crippen molar-refractivity contribution in [3.63, 3.8) is 0 Å². The molecule has 0 saturated carbocycles. The lowest BCUT2D eigenvalue weighted by atomic mass is 10.1. The molecule has 4 aromatic rings. The molecular weight excluding hydrogens is 468 g/mol. The van der Waals surface area contributed by atoms with Crippen LogP contribution in [0.4, 0.5) is 11.4 Å². The van der Waals surface area contributed by atoms with Gasteiger partial charge in [-0.3, -0.25) is 9.10 Å². The van der Waals surface area contributed by atoms with Crippen LogP contribution in [0.25, 0.3) is 0 Å². The van der Waals surface area contributed by atoms with Gasteiger partial charge in [0.1, 0.15) is 0 Å². The van der Waals surface area contributed by atoms with Crippen LogP contribution in [-0.2, 0) is 23.0 Å². The Labute approximate surface area is 212 Å². The van der Waals surface area contributed by atoms with Gasteiger partial charge >= 0.3 is 0 Å². The number of anilines is 2. The second-order valence-corrected chi connectivity index (χ2v) is 11.0. The molecule has 1 amide bonds. The minimum absolute atomic E-state index is 0.0285. The summed E-state index contributed by atoms with van der Waals surface area (Å²) in [5.74, 6) is -0.208. The molecule has 1 aliphatic rings. The lowest BCUT2D eigenvalue weighted by Crippen LogP contribution is -2.38. The molecule has 0 saturated heterocycles. The normalized spacial score (nSPS) is 14.9. The Morgan fingerprint density at radius 3 is 2.25 bits per heavy atom. The van der Waals surface area contributed by atoms with E-state index in [-0.39, 0.29) is 23.4 Å². The Morgan fingerprint density at radius 1 is 0.861 bits per heavy atom. The number of carbonyl (C=O) groups is 1. The smallest absolute Gasteiger partial charge is 0.264 e. The Balaban J connectivity index is 1.63. The van der Waals surface area contributed by atoms with Crippen molar-refractivity contribution in [2.45, 2.75) is 37.8 Å². The lowest BCUT2D eigenvalue weighted by Gasteiger charge is -2.29. The summed E-state index contributed by atoms with van der Waals surface area (Å²) in [6.45, 7) is 4.04. The summed E-state index contributed by atoms with van der Waals surface area (Å²) in [6.07, 6.45) is 0.763. The number of amides is 1. The van der Waals surface area contributed by atoms with Gasteiger partial charge in [0.25, 0.3) is 15.9 Å². The zero-order chi connectivity index (χ0) is 25.3. The first-order valence-corrected chi connectivity index (χ1v) is 13.4. The molecule has 0 fully saturated rings. The fourth-order valence-electron chi connectivity index (χ4n) is 4.76. The first kappa shape index (κ1) is 23.8. The first-order valence-electron chi connectivity index (χ1n) is 12.0. The van der Waals surface area contributed by atoms with Crippen molar-refractivity contribution < 1.29 is 13.2 Å². The van der Waals surface area contributed by atoms with Gasteiger partial charge in [-0.15, -0.1) is 0 Å². The maximum atomic E-state index is 14.0. The van der Waals surface area contributed by atoms with E-state index >= 15 is 0 Å². The van der Waals surface area contributed by atoms with Gasteiger partial charge in [-0.1, -0.05) is 78.4 Å². The molecule has 6 heteroatoms. The number of aryl methyl sites for hydroxylation is 1. The average Bonchev–Trinajstić information content (AvgIpc) is 3.23. The number of carbonyl (C=O) groups excluding carboxylic acids is 1. The number of fused-ring (bicyclic) bond motifs is 1. The van der Waals surface area contributed by atoms with E-state index in [1.54, 1.807) is 53.4 Å². The standard InChI is InChI=1S/C30H28N2O3S/c1-22-16-18-26(19-17-22)36(34,35)31(21-24-10-4-3-5-11-24)29-15-9-7-13-27(29)30(33)32-23(2)20-25-12-6-8-14-28(25)32/h3-19,23H,20-21H2,1-2H3/t23-/m1/s1. The van der Waals surface area contributed by atoms with E-state index in [9.17, 15) is 13.2 Å². The number of benzene rings is 4. The number of rotatable bonds is 6. The van der Waals surface area contributed by atoms with Gasteiger partial charge in [-0.25, -0.2) is 8.42 Å². The van der Waals surface area contributed by atoms with E-state index in [0.29, 0.717) is 11.3 Å². The number of nitrogens with zero attached hydrogens (tertiary/aromatic N) is 2. The molecule has 0 radical (unpaired) electrons. The Bertz CT molecular complexity index is 1500. The second-order valence-electron chi connectivity index (χ2n) is 9.18. The maximum absolute atomic E-state index is 14.0. The molecule has 1 heterocycles. The van der Waals surface area contributed by atoms with Crippen LogP contribution in [-0.4, -0.2) is 20.4 Å². The molecule has 5 rings (SSSR count). The van der Waals surface area contributed by atoms with Crippen molar-refractivity contribution in [3.8, 4) is 0 Å². The third-order valence-electron chi connectivity index (χ3n) is 6.61. The molecule has 1 atom stereocenters. The van der Waals surface area contributed by atoms with Crippen LogP contribution in [0, 0.1) is 6.92 Å². The van der Waals surface area contributed by atoms with Crippen LogP contribution in [0.15, 0.2) is 108 Å². The molecule has 0 bridgehead atoms. The number of hydrogen-bond acceptors (Lipinski definition) is 3. The highest BCUT2D eigenvalue weighted by atomic mass is 32.2. The molecule has 182 valence electrons. The molecule has 0 spiro atoms. The quantitative estimate of drug-likeness (QED) is 0.330. The lowest BCUT2D eigenvalue weighted by molar-refractivity contribution is 0.0982. The van der Waals surface area contributed by atoms with E-state index in [0.717, 1.165) is 28.8 Å². The predicted molar refractivity (Wildman–Crippen MR) is 144 cm³/mol. The molecule has 0 aliphatic carbocycles. The van der Waals surface area contributed by atoms with Gasteiger partial charge in [-0.2, -0.15) is 0 Å². The third-order valence-corrected chi connectivity index (χ3v) is 8.38. The highest BCUT2D eigenvalue weighted by molar-refractivity contribution is 7.92. The second kappa shape index (κ2) is 9.63. The topological polar surface area (TPSA) is 57.7 Å². The van der Waals surface area contributed by atoms with Crippen molar-refractivity contribution in [2.24, 2.45) is 0 Å². The van der Waals surface area contributed by atoms with Crippen LogP contribution in [0.3, 0.4) is 0 Å². The van der Waals surface area contributed by atoms with Crippen LogP contribution in [0.2, 0.25) is 0 Å². The third kappa shape index (κ3) is 4.40. The molecule has 4 aromatic carbocycles. The summed E-state index contributed by atoms with van der Waals surface area (Å²) >= 11 is 0. The van der Waals surface area contributed by atoms with Crippen molar-refractivity contribution >= 4 is 27.3 Å².